The van der Waals surface area contributed by atoms with Crippen LogP contribution in [0.2, 0.25) is 0 Å². The highest BCUT2D eigenvalue weighted by molar-refractivity contribution is 8.03. The Kier molecular flexibility index (Phi) is 7.93. The van der Waals surface area contributed by atoms with Crippen molar-refractivity contribution < 1.29 is 33.8 Å². The van der Waals surface area contributed by atoms with E-state index < -0.39 is 36.2 Å². The van der Waals surface area contributed by atoms with Crippen LogP contribution >= 0.6 is 11.8 Å². The molecule has 35 heavy (non-hydrogen) atoms. The van der Waals surface area contributed by atoms with Crippen molar-refractivity contribution in [2.75, 3.05) is 34.5 Å². The molecule has 0 aromatic carbocycles. The number of nitrogens with zero attached hydrogens (tertiary/aromatic N) is 3. The molecule has 3 rings (SSSR count). The number of thioether (sulfide) groups is 1. The Hall–Kier alpha value is -2.11. The summed E-state index contributed by atoms with van der Waals surface area (Å²) in [5.74, 6) is -2.34. The summed E-state index contributed by atoms with van der Waals surface area (Å²) in [5.41, 5.74) is -0.599. The zero-order valence-electron chi connectivity index (χ0n) is 21.7. The second kappa shape index (κ2) is 10.1. The monoisotopic (exact) mass is 511 g/mol. The first kappa shape index (κ1) is 27.5. The molecule has 0 radical (unpaired) electrons. The number of esters is 2. The minimum atomic E-state index is -0.847. The van der Waals surface area contributed by atoms with Crippen LogP contribution < -0.4 is 0 Å². The molecule has 3 aliphatic heterocycles. The van der Waals surface area contributed by atoms with E-state index in [1.807, 2.05) is 18.9 Å². The number of likely N-dealkylation sites (N-methyl/N-ethyl adjacent to an activating group) is 2. The lowest BCUT2D eigenvalue weighted by molar-refractivity contribution is -0.175. The Morgan fingerprint density at radius 1 is 1.23 bits per heavy atom. The molecule has 6 unspecified atom stereocenters. The van der Waals surface area contributed by atoms with Crippen molar-refractivity contribution in [2.45, 2.75) is 64.5 Å². The van der Waals surface area contributed by atoms with Crippen LogP contribution in [-0.4, -0.2) is 101 Å². The fraction of sp³-hybridized carbons (Fsp3) is 0.750. The first-order chi connectivity index (χ1) is 16.2. The number of ether oxygens (including phenoxy) is 2. The van der Waals surface area contributed by atoms with Gasteiger partial charge in [0.1, 0.15) is 5.70 Å². The maximum Gasteiger partial charge on any atom is 0.358 e. The molecule has 2 saturated heterocycles. The molecule has 0 bridgehead atoms. The summed E-state index contributed by atoms with van der Waals surface area (Å²) in [7, 11) is 5.36. The molecule has 10 nitrogen and oxygen atoms in total. The van der Waals surface area contributed by atoms with Gasteiger partial charge in [0, 0.05) is 36.7 Å². The van der Waals surface area contributed by atoms with Crippen LogP contribution in [0, 0.1) is 17.3 Å². The highest BCUT2D eigenvalue weighted by atomic mass is 32.2. The molecule has 0 aromatic rings. The Morgan fingerprint density at radius 2 is 1.86 bits per heavy atom. The maximum atomic E-state index is 13.1. The highest BCUT2D eigenvalue weighted by Crippen LogP contribution is 2.52. The number of likely N-dealkylation sites (tertiary alicyclic amines) is 1. The third kappa shape index (κ3) is 5.22. The first-order valence-electron chi connectivity index (χ1n) is 11.8. The summed E-state index contributed by atoms with van der Waals surface area (Å²) in [6.07, 6.45) is -0.237. The Balaban J connectivity index is 1.81. The summed E-state index contributed by atoms with van der Waals surface area (Å²) in [4.78, 5) is 56.3. The molecule has 2 fully saturated rings. The molecule has 3 aliphatic rings. The number of β-lactam (4-membered cyclic amide) rings is 1. The van der Waals surface area contributed by atoms with Gasteiger partial charge in [-0.2, -0.15) is 0 Å². The predicted molar refractivity (Wildman–Crippen MR) is 130 cm³/mol. The van der Waals surface area contributed by atoms with Crippen LogP contribution in [0.5, 0.6) is 0 Å². The van der Waals surface area contributed by atoms with Gasteiger partial charge in [-0.3, -0.25) is 19.3 Å². The zero-order chi connectivity index (χ0) is 26.4. The largest absolute Gasteiger partial charge is 0.427 e. The third-order valence-corrected chi connectivity index (χ3v) is 8.32. The highest BCUT2D eigenvalue weighted by Gasteiger charge is 2.60. The van der Waals surface area contributed by atoms with E-state index in [2.05, 4.69) is 0 Å². The number of rotatable bonds is 7. The molecule has 0 aromatic heterocycles. The number of fused-ring (bicyclic) bond motifs is 1. The second-order valence-electron chi connectivity index (χ2n) is 10.9. The SMILES string of the molecule is CC(O)C1C(=O)N2C(C(=O)OCOC(=O)C(C)(C)C)=C(SC3CC(C(=O)N(C)C)N(C)C3)C(C)C12. The third-order valence-electron chi connectivity index (χ3n) is 6.82. The van der Waals surface area contributed by atoms with Crippen molar-refractivity contribution in [1.82, 2.24) is 14.7 Å². The number of aliphatic hydroxyl groups is 1. The topological polar surface area (TPSA) is 117 Å². The standard InChI is InChI=1S/C24H37N3O7S/c1-12-17-16(13(2)28)21(30)27(17)18(22(31)33-11-34-23(32)24(3,4)5)19(12)35-14-9-15(26(8)10-14)20(29)25(6)7/h12-17,28H,9-11H2,1-8H3. The van der Waals surface area contributed by atoms with Gasteiger partial charge in [-0.15, -0.1) is 11.8 Å². The number of amides is 2. The van der Waals surface area contributed by atoms with Crippen LogP contribution in [0.25, 0.3) is 0 Å². The number of aliphatic hydroxyl groups excluding tert-OH is 1. The smallest absolute Gasteiger partial charge is 0.358 e. The fourth-order valence-corrected chi connectivity index (χ4v) is 6.49. The lowest BCUT2D eigenvalue weighted by Gasteiger charge is -2.46. The van der Waals surface area contributed by atoms with E-state index in [-0.39, 0.29) is 40.8 Å². The molecular formula is C24H37N3O7S. The molecule has 0 spiro atoms. The van der Waals surface area contributed by atoms with E-state index in [0.29, 0.717) is 17.9 Å². The van der Waals surface area contributed by atoms with Crippen LogP contribution in [0.15, 0.2) is 10.6 Å². The summed E-state index contributed by atoms with van der Waals surface area (Å²) >= 11 is 1.49. The number of carbonyl (C=O) groups is 4. The van der Waals surface area contributed by atoms with Gasteiger partial charge in [0.05, 0.1) is 29.5 Å². The maximum absolute atomic E-state index is 13.1. The molecular weight excluding hydrogens is 474 g/mol. The van der Waals surface area contributed by atoms with Gasteiger partial charge in [-0.05, 0) is 41.2 Å². The molecule has 196 valence electrons. The first-order valence-corrected chi connectivity index (χ1v) is 12.7. The number of hydrogen-bond acceptors (Lipinski definition) is 9. The number of hydrogen-bond donors (Lipinski definition) is 1. The Morgan fingerprint density at radius 3 is 2.40 bits per heavy atom. The van der Waals surface area contributed by atoms with Crippen molar-refractivity contribution in [3.8, 4) is 0 Å². The van der Waals surface area contributed by atoms with Crippen molar-refractivity contribution >= 4 is 35.5 Å². The molecule has 0 aliphatic carbocycles. The molecule has 6 atom stereocenters. The average Bonchev–Trinajstić information content (AvgIpc) is 3.22. The number of carbonyl (C=O) groups excluding carboxylic acids is 4. The Labute approximate surface area is 210 Å². The van der Waals surface area contributed by atoms with Gasteiger partial charge >= 0.3 is 11.9 Å². The second-order valence-corrected chi connectivity index (χ2v) is 12.2. The fourth-order valence-electron chi connectivity index (χ4n) is 4.89. The van der Waals surface area contributed by atoms with Gasteiger partial charge in [-0.1, -0.05) is 6.92 Å². The minimum Gasteiger partial charge on any atom is -0.427 e. The lowest BCUT2D eigenvalue weighted by Crippen LogP contribution is -2.63. The van der Waals surface area contributed by atoms with E-state index >= 15 is 0 Å². The van der Waals surface area contributed by atoms with Crippen molar-refractivity contribution in [3.05, 3.63) is 10.6 Å². The van der Waals surface area contributed by atoms with Crippen molar-refractivity contribution in [1.29, 1.82) is 0 Å². The molecule has 3 heterocycles. The normalized spacial score (nSPS) is 29.6. The van der Waals surface area contributed by atoms with Gasteiger partial charge in [0.25, 0.3) is 0 Å². The van der Waals surface area contributed by atoms with Crippen molar-refractivity contribution in [3.63, 3.8) is 0 Å². The molecule has 1 N–H and O–H groups in total. The van der Waals surface area contributed by atoms with E-state index in [1.54, 1.807) is 46.7 Å². The Bertz CT molecular complexity index is 927. The minimum absolute atomic E-state index is 0.0255. The van der Waals surface area contributed by atoms with E-state index in [0.717, 1.165) is 0 Å². The molecule has 11 heteroatoms. The summed E-state index contributed by atoms with van der Waals surface area (Å²) in [6.45, 7) is 8.69. The summed E-state index contributed by atoms with van der Waals surface area (Å²) in [6, 6.07) is -0.598. The van der Waals surface area contributed by atoms with E-state index in [4.69, 9.17) is 9.47 Å². The zero-order valence-corrected chi connectivity index (χ0v) is 22.5. The van der Waals surface area contributed by atoms with Gasteiger partial charge in [0.2, 0.25) is 18.6 Å². The van der Waals surface area contributed by atoms with Crippen LogP contribution in [0.3, 0.4) is 0 Å². The van der Waals surface area contributed by atoms with Gasteiger partial charge in [0.15, 0.2) is 0 Å². The van der Waals surface area contributed by atoms with Gasteiger partial charge in [-0.25, -0.2) is 4.79 Å². The van der Waals surface area contributed by atoms with E-state index in [1.165, 1.54) is 16.7 Å². The van der Waals surface area contributed by atoms with E-state index in [9.17, 15) is 24.3 Å². The predicted octanol–water partition coefficient (Wildman–Crippen LogP) is 1.04. The van der Waals surface area contributed by atoms with Crippen molar-refractivity contribution in [2.24, 2.45) is 17.3 Å². The summed E-state index contributed by atoms with van der Waals surface area (Å²) in [5, 5.41) is 10.2. The van der Waals surface area contributed by atoms with Gasteiger partial charge < -0.3 is 24.4 Å². The lowest BCUT2D eigenvalue weighted by atomic mass is 9.79. The summed E-state index contributed by atoms with van der Waals surface area (Å²) < 4.78 is 10.3. The van der Waals surface area contributed by atoms with Crippen LogP contribution in [0.1, 0.15) is 41.0 Å². The molecule has 2 amide bonds. The van der Waals surface area contributed by atoms with Crippen LogP contribution in [-0.2, 0) is 28.7 Å². The van der Waals surface area contributed by atoms with Crippen LogP contribution in [0.4, 0.5) is 0 Å². The molecule has 0 saturated carbocycles. The average molecular weight is 512 g/mol. The quantitative estimate of drug-likeness (QED) is 0.304.